The van der Waals surface area contributed by atoms with Crippen molar-refractivity contribution in [2.75, 3.05) is 26.3 Å². The summed E-state index contributed by atoms with van der Waals surface area (Å²) in [4.78, 5) is 14.2. The second-order valence-electron chi connectivity index (χ2n) is 9.02. The number of carbonyl (C=O) groups excluding carboxylic acids is 1. The summed E-state index contributed by atoms with van der Waals surface area (Å²) in [5.41, 5.74) is 3.46. The largest absolute Gasteiger partial charge is 0.444 e. The van der Waals surface area contributed by atoms with Crippen LogP contribution in [0.2, 0.25) is 0 Å². The molecule has 2 aromatic heterocycles. The van der Waals surface area contributed by atoms with Crippen molar-refractivity contribution >= 4 is 11.6 Å². The minimum Gasteiger partial charge on any atom is -0.444 e. The highest BCUT2D eigenvalue weighted by molar-refractivity contribution is 5.68. The second kappa shape index (κ2) is 7.74. The van der Waals surface area contributed by atoms with Crippen LogP contribution in [0.4, 0.5) is 4.79 Å². The Hall–Kier alpha value is -2.08. The van der Waals surface area contributed by atoms with Crippen molar-refractivity contribution in [1.82, 2.24) is 14.5 Å². The van der Waals surface area contributed by atoms with Crippen molar-refractivity contribution in [2.24, 2.45) is 0 Å². The van der Waals surface area contributed by atoms with E-state index in [0.29, 0.717) is 11.8 Å². The first-order chi connectivity index (χ1) is 13.4. The van der Waals surface area contributed by atoms with Gasteiger partial charge in [0.15, 0.2) is 0 Å². The molecule has 0 spiro atoms. The maximum absolute atomic E-state index is 12.3. The molecule has 0 aliphatic carbocycles. The second-order valence-corrected chi connectivity index (χ2v) is 9.02. The summed E-state index contributed by atoms with van der Waals surface area (Å²) in [6, 6.07) is 4.52. The van der Waals surface area contributed by atoms with E-state index in [1.165, 1.54) is 16.6 Å². The van der Waals surface area contributed by atoms with Crippen LogP contribution in [0.3, 0.4) is 0 Å². The van der Waals surface area contributed by atoms with Gasteiger partial charge in [-0.15, -0.1) is 0 Å². The van der Waals surface area contributed by atoms with Gasteiger partial charge < -0.3 is 14.4 Å². The lowest BCUT2D eigenvalue weighted by molar-refractivity contribution is 0.0205. The quantitative estimate of drug-likeness (QED) is 0.771. The number of aromatic nitrogens is 2. The number of pyridine rings is 1. The summed E-state index contributed by atoms with van der Waals surface area (Å²) in [7, 11) is 0. The molecule has 4 heterocycles. The van der Waals surface area contributed by atoms with Gasteiger partial charge >= 0.3 is 6.09 Å². The molecule has 2 aromatic rings. The first kappa shape index (κ1) is 19.2. The number of amides is 1. The molecule has 6 nitrogen and oxygen atoms in total. The molecule has 1 amide bonds. The maximum atomic E-state index is 12.3. The van der Waals surface area contributed by atoms with Crippen molar-refractivity contribution in [3.8, 4) is 0 Å². The molecule has 152 valence electrons. The number of nitrogens with zero attached hydrogens (tertiary/aromatic N) is 3. The average Bonchev–Trinajstić information content (AvgIpc) is 3.10. The number of fused-ring (bicyclic) bond motifs is 1. The van der Waals surface area contributed by atoms with Crippen molar-refractivity contribution < 1.29 is 14.3 Å². The van der Waals surface area contributed by atoms with E-state index in [0.717, 1.165) is 52.0 Å². The summed E-state index contributed by atoms with van der Waals surface area (Å²) in [5.74, 6) is 1.01. The molecule has 2 aliphatic rings. The molecule has 6 heteroatoms. The normalized spacial score (nSPS) is 19.9. The Morgan fingerprint density at radius 3 is 2.54 bits per heavy atom. The van der Waals surface area contributed by atoms with E-state index in [9.17, 15) is 4.79 Å². The third-order valence-electron chi connectivity index (χ3n) is 5.85. The van der Waals surface area contributed by atoms with E-state index in [1.54, 1.807) is 0 Å². The van der Waals surface area contributed by atoms with Gasteiger partial charge in [0.25, 0.3) is 0 Å². The van der Waals surface area contributed by atoms with Crippen LogP contribution in [0, 0.1) is 0 Å². The van der Waals surface area contributed by atoms with Crippen molar-refractivity contribution in [2.45, 2.75) is 63.9 Å². The van der Waals surface area contributed by atoms with E-state index < -0.39 is 5.60 Å². The molecule has 0 saturated carbocycles. The molecule has 2 aliphatic heterocycles. The van der Waals surface area contributed by atoms with Crippen molar-refractivity contribution in [1.29, 1.82) is 0 Å². The minimum absolute atomic E-state index is 0.201. The molecule has 0 N–H and O–H groups in total. The Morgan fingerprint density at radius 1 is 1.14 bits per heavy atom. The monoisotopic (exact) mass is 385 g/mol. The van der Waals surface area contributed by atoms with Crippen LogP contribution >= 0.6 is 0 Å². The Bertz CT molecular complexity index is 825. The van der Waals surface area contributed by atoms with Crippen LogP contribution in [0.1, 0.15) is 69.4 Å². The van der Waals surface area contributed by atoms with Crippen LogP contribution in [0.5, 0.6) is 0 Å². The molecular weight excluding hydrogens is 354 g/mol. The Morgan fingerprint density at radius 2 is 1.86 bits per heavy atom. The highest BCUT2D eigenvalue weighted by Gasteiger charge is 2.29. The lowest BCUT2D eigenvalue weighted by Gasteiger charge is -2.33. The van der Waals surface area contributed by atoms with E-state index in [-0.39, 0.29) is 6.09 Å². The predicted molar refractivity (Wildman–Crippen MR) is 108 cm³/mol. The standard InChI is InChI=1S/C22H31N3O3/c1-22(2,3)28-21(26)24-9-4-17(5-10-24)19-15-23-25-11-6-18(14-20(19)25)16-7-12-27-13-8-16/h6,11,14-17H,4-5,7-10,12-13H2,1-3H3. The van der Waals surface area contributed by atoms with Gasteiger partial charge in [-0.05, 0) is 76.0 Å². The van der Waals surface area contributed by atoms with E-state index in [4.69, 9.17) is 9.47 Å². The molecule has 0 atom stereocenters. The lowest BCUT2D eigenvalue weighted by Crippen LogP contribution is -2.41. The van der Waals surface area contributed by atoms with Crippen LogP contribution in [-0.2, 0) is 9.47 Å². The van der Waals surface area contributed by atoms with Gasteiger partial charge in [0, 0.05) is 38.1 Å². The Labute approximate surface area is 166 Å². The molecule has 0 aromatic carbocycles. The SMILES string of the molecule is CC(C)(C)OC(=O)N1CCC(c2cnn3ccc(C4CCOCC4)cc23)CC1. The van der Waals surface area contributed by atoms with Crippen LogP contribution < -0.4 is 0 Å². The van der Waals surface area contributed by atoms with Gasteiger partial charge in [0.1, 0.15) is 5.60 Å². The van der Waals surface area contributed by atoms with Crippen LogP contribution in [0.25, 0.3) is 5.52 Å². The average molecular weight is 386 g/mol. The summed E-state index contributed by atoms with van der Waals surface area (Å²) >= 11 is 0. The minimum atomic E-state index is -0.447. The first-order valence-corrected chi connectivity index (χ1v) is 10.4. The summed E-state index contributed by atoms with van der Waals surface area (Å²) in [5, 5.41) is 4.57. The van der Waals surface area contributed by atoms with E-state index in [2.05, 4.69) is 23.4 Å². The first-order valence-electron chi connectivity index (χ1n) is 10.4. The Balaban J connectivity index is 1.47. The summed E-state index contributed by atoms with van der Waals surface area (Å²) in [6.45, 7) is 8.90. The van der Waals surface area contributed by atoms with E-state index >= 15 is 0 Å². The third kappa shape index (κ3) is 4.17. The number of carbonyl (C=O) groups is 1. The molecule has 4 rings (SSSR count). The zero-order chi connectivity index (χ0) is 19.7. The highest BCUT2D eigenvalue weighted by Crippen LogP contribution is 2.34. The fourth-order valence-electron chi connectivity index (χ4n) is 4.31. The molecule has 28 heavy (non-hydrogen) atoms. The number of piperidine rings is 1. The fraction of sp³-hybridized carbons (Fsp3) is 0.636. The van der Waals surface area contributed by atoms with Crippen LogP contribution in [-0.4, -0.2) is 52.5 Å². The number of hydrogen-bond acceptors (Lipinski definition) is 4. The third-order valence-corrected chi connectivity index (χ3v) is 5.85. The zero-order valence-corrected chi connectivity index (χ0v) is 17.2. The number of ether oxygens (including phenoxy) is 2. The van der Waals surface area contributed by atoms with Crippen molar-refractivity contribution in [3.05, 3.63) is 35.7 Å². The molecule has 0 bridgehead atoms. The van der Waals surface area contributed by atoms with Crippen molar-refractivity contribution in [3.63, 3.8) is 0 Å². The van der Waals surface area contributed by atoms with Gasteiger partial charge in [0.2, 0.25) is 0 Å². The zero-order valence-electron chi connectivity index (χ0n) is 17.2. The van der Waals surface area contributed by atoms with Gasteiger partial charge in [0.05, 0.1) is 11.7 Å². The predicted octanol–water partition coefficient (Wildman–Crippen LogP) is 4.34. The summed E-state index contributed by atoms with van der Waals surface area (Å²) in [6.07, 6.45) is 7.97. The topological polar surface area (TPSA) is 56.1 Å². The van der Waals surface area contributed by atoms with E-state index in [1.807, 2.05) is 36.4 Å². The Kier molecular flexibility index (Phi) is 5.32. The molecule has 0 radical (unpaired) electrons. The smallest absolute Gasteiger partial charge is 0.410 e. The molecule has 2 saturated heterocycles. The molecule has 0 unspecified atom stereocenters. The van der Waals surface area contributed by atoms with Crippen LogP contribution in [0.15, 0.2) is 24.5 Å². The maximum Gasteiger partial charge on any atom is 0.410 e. The summed E-state index contributed by atoms with van der Waals surface area (Å²) < 4.78 is 13.0. The number of likely N-dealkylation sites (tertiary alicyclic amines) is 1. The fourth-order valence-corrected chi connectivity index (χ4v) is 4.31. The van der Waals surface area contributed by atoms with Gasteiger partial charge in [-0.3, -0.25) is 0 Å². The van der Waals surface area contributed by atoms with Gasteiger partial charge in [-0.1, -0.05) is 0 Å². The number of hydrogen-bond donors (Lipinski definition) is 0. The number of rotatable bonds is 2. The van der Waals surface area contributed by atoms with Gasteiger partial charge in [-0.25, -0.2) is 9.31 Å². The highest BCUT2D eigenvalue weighted by atomic mass is 16.6. The van der Waals surface area contributed by atoms with Gasteiger partial charge in [-0.2, -0.15) is 5.10 Å². The molecule has 2 fully saturated rings. The molecular formula is C22H31N3O3. The lowest BCUT2D eigenvalue weighted by atomic mass is 9.88.